The first-order valence-corrected chi connectivity index (χ1v) is 7.01. The number of esters is 1. The van der Waals surface area contributed by atoms with Crippen LogP contribution in [0.2, 0.25) is 0 Å². The van der Waals surface area contributed by atoms with Crippen LogP contribution in [0.3, 0.4) is 0 Å². The van der Waals surface area contributed by atoms with Gasteiger partial charge in [-0.1, -0.05) is 30.3 Å². The number of nitrogens with one attached hydrogen (secondary N) is 1. The number of carbonyl (C=O) groups is 2. The van der Waals surface area contributed by atoms with Gasteiger partial charge in [0.2, 0.25) is 6.41 Å². The molecule has 0 atom stereocenters. The Hall–Kier alpha value is -3.21. The van der Waals surface area contributed by atoms with Gasteiger partial charge in [-0.25, -0.2) is 9.78 Å². The van der Waals surface area contributed by atoms with E-state index in [4.69, 9.17) is 4.74 Å². The molecule has 3 aromatic rings. The first-order valence-electron chi connectivity index (χ1n) is 7.01. The number of carbonyl (C=O) groups excluding carboxylic acids is 2. The maximum absolute atomic E-state index is 12.1. The number of fused-ring (bicyclic) bond motifs is 1. The molecule has 1 N–H and O–H groups in total. The summed E-state index contributed by atoms with van der Waals surface area (Å²) >= 11 is 0. The SMILES string of the molecule is COC(=O)c1cc(-c2ccc(NC=O)cc2)nc2ccccc12. The van der Waals surface area contributed by atoms with Crippen LogP contribution in [-0.2, 0) is 9.53 Å². The second-order valence-corrected chi connectivity index (χ2v) is 4.90. The number of benzene rings is 2. The number of hydrogen-bond donors (Lipinski definition) is 1. The number of amides is 1. The van der Waals surface area contributed by atoms with E-state index in [1.54, 1.807) is 18.2 Å². The lowest BCUT2D eigenvalue weighted by atomic mass is 10.0. The zero-order valence-electron chi connectivity index (χ0n) is 12.4. The number of ether oxygens (including phenoxy) is 1. The number of aromatic nitrogens is 1. The molecular weight excluding hydrogens is 292 g/mol. The number of hydrogen-bond acceptors (Lipinski definition) is 4. The van der Waals surface area contributed by atoms with Crippen LogP contribution >= 0.6 is 0 Å². The minimum atomic E-state index is -0.399. The van der Waals surface area contributed by atoms with E-state index >= 15 is 0 Å². The fourth-order valence-corrected chi connectivity index (χ4v) is 2.41. The third-order valence-electron chi connectivity index (χ3n) is 3.53. The molecule has 5 heteroatoms. The van der Waals surface area contributed by atoms with Crippen molar-refractivity contribution < 1.29 is 14.3 Å². The quantitative estimate of drug-likeness (QED) is 0.593. The molecule has 0 bridgehead atoms. The van der Waals surface area contributed by atoms with Gasteiger partial charge in [-0.05, 0) is 24.3 Å². The van der Waals surface area contributed by atoms with E-state index in [0.29, 0.717) is 23.4 Å². The third kappa shape index (κ3) is 2.89. The molecule has 0 aliphatic heterocycles. The monoisotopic (exact) mass is 306 g/mol. The van der Waals surface area contributed by atoms with Gasteiger partial charge in [-0.2, -0.15) is 0 Å². The highest BCUT2D eigenvalue weighted by atomic mass is 16.5. The van der Waals surface area contributed by atoms with E-state index in [0.717, 1.165) is 16.5 Å². The number of nitrogens with zero attached hydrogens (tertiary/aromatic N) is 1. The Kier molecular flexibility index (Phi) is 4.01. The summed E-state index contributed by atoms with van der Waals surface area (Å²) in [4.78, 5) is 27.1. The van der Waals surface area contributed by atoms with Gasteiger partial charge in [-0.3, -0.25) is 4.79 Å². The standard InChI is InChI=1S/C18H14N2O3/c1-23-18(22)15-10-17(20-16-5-3-2-4-14(15)16)12-6-8-13(9-7-12)19-11-21/h2-11H,1H3,(H,19,21). The van der Waals surface area contributed by atoms with Crippen LogP contribution < -0.4 is 5.32 Å². The molecule has 0 saturated carbocycles. The molecular formula is C18H14N2O3. The summed E-state index contributed by atoms with van der Waals surface area (Å²) in [6, 6.07) is 16.4. The first-order chi connectivity index (χ1) is 11.2. The molecule has 1 aromatic heterocycles. The lowest BCUT2D eigenvalue weighted by molar-refractivity contribution is -0.105. The molecule has 0 aliphatic carbocycles. The highest BCUT2D eigenvalue weighted by molar-refractivity contribution is 6.04. The average Bonchev–Trinajstić information content (AvgIpc) is 2.61. The molecule has 0 spiro atoms. The van der Waals surface area contributed by atoms with Crippen molar-refractivity contribution in [3.63, 3.8) is 0 Å². The number of anilines is 1. The molecule has 1 heterocycles. The van der Waals surface area contributed by atoms with Crippen molar-refractivity contribution in [2.24, 2.45) is 0 Å². The first kappa shape index (κ1) is 14.7. The predicted molar refractivity (Wildman–Crippen MR) is 88.2 cm³/mol. The van der Waals surface area contributed by atoms with E-state index in [1.807, 2.05) is 36.4 Å². The van der Waals surface area contributed by atoms with Crippen LogP contribution in [0.15, 0.2) is 54.6 Å². The van der Waals surface area contributed by atoms with Crippen LogP contribution in [0, 0.1) is 0 Å². The summed E-state index contributed by atoms with van der Waals surface area (Å²) in [5, 5.41) is 3.33. The van der Waals surface area contributed by atoms with Crippen LogP contribution in [0.5, 0.6) is 0 Å². The Morgan fingerprint density at radius 2 is 1.87 bits per heavy atom. The van der Waals surface area contributed by atoms with Crippen molar-refractivity contribution in [2.45, 2.75) is 0 Å². The van der Waals surface area contributed by atoms with Crippen molar-refractivity contribution in [2.75, 3.05) is 12.4 Å². The van der Waals surface area contributed by atoms with Gasteiger partial charge < -0.3 is 10.1 Å². The largest absolute Gasteiger partial charge is 0.465 e. The molecule has 114 valence electrons. The topological polar surface area (TPSA) is 68.3 Å². The molecule has 0 fully saturated rings. The van der Waals surface area contributed by atoms with Crippen LogP contribution in [0.25, 0.3) is 22.2 Å². The smallest absolute Gasteiger partial charge is 0.338 e. The molecule has 1 amide bonds. The van der Waals surface area contributed by atoms with Gasteiger partial charge in [0, 0.05) is 16.6 Å². The molecule has 3 rings (SSSR count). The average molecular weight is 306 g/mol. The number of para-hydroxylation sites is 1. The van der Waals surface area contributed by atoms with Gasteiger partial charge in [0.15, 0.2) is 0 Å². The van der Waals surface area contributed by atoms with Crippen LogP contribution in [0.4, 0.5) is 5.69 Å². The summed E-state index contributed by atoms with van der Waals surface area (Å²) in [6.45, 7) is 0. The zero-order chi connectivity index (χ0) is 16.2. The summed E-state index contributed by atoms with van der Waals surface area (Å²) in [5.74, 6) is -0.399. The molecule has 0 radical (unpaired) electrons. The lowest BCUT2D eigenvalue weighted by Crippen LogP contribution is -2.03. The summed E-state index contributed by atoms with van der Waals surface area (Å²) in [7, 11) is 1.36. The normalized spacial score (nSPS) is 10.3. The van der Waals surface area contributed by atoms with Gasteiger partial charge in [0.25, 0.3) is 0 Å². The van der Waals surface area contributed by atoms with Crippen LogP contribution in [-0.4, -0.2) is 24.5 Å². The third-order valence-corrected chi connectivity index (χ3v) is 3.53. The Balaban J connectivity index is 2.14. The fraction of sp³-hybridized carbons (Fsp3) is 0.0556. The molecule has 0 aliphatic rings. The maximum Gasteiger partial charge on any atom is 0.338 e. The summed E-state index contributed by atoms with van der Waals surface area (Å²) in [6.07, 6.45) is 0.624. The Bertz CT molecular complexity index is 873. The van der Waals surface area contributed by atoms with Crippen molar-refractivity contribution >= 4 is 29.0 Å². The van der Waals surface area contributed by atoms with Crippen molar-refractivity contribution in [1.82, 2.24) is 4.98 Å². The van der Waals surface area contributed by atoms with E-state index in [1.165, 1.54) is 7.11 Å². The second-order valence-electron chi connectivity index (χ2n) is 4.90. The van der Waals surface area contributed by atoms with Gasteiger partial charge >= 0.3 is 5.97 Å². The molecule has 5 nitrogen and oxygen atoms in total. The van der Waals surface area contributed by atoms with Gasteiger partial charge in [-0.15, -0.1) is 0 Å². The van der Waals surface area contributed by atoms with Crippen molar-refractivity contribution in [3.8, 4) is 11.3 Å². The molecule has 2 aromatic carbocycles. The van der Waals surface area contributed by atoms with E-state index in [-0.39, 0.29) is 0 Å². The summed E-state index contributed by atoms with van der Waals surface area (Å²) < 4.78 is 4.87. The van der Waals surface area contributed by atoms with Crippen molar-refractivity contribution in [3.05, 3.63) is 60.2 Å². The summed E-state index contributed by atoms with van der Waals surface area (Å²) in [5.41, 5.74) is 3.40. The number of methoxy groups -OCH3 is 1. The lowest BCUT2D eigenvalue weighted by Gasteiger charge is -2.09. The molecule has 0 saturated heterocycles. The van der Waals surface area contributed by atoms with Crippen molar-refractivity contribution in [1.29, 1.82) is 0 Å². The zero-order valence-corrected chi connectivity index (χ0v) is 12.4. The molecule has 23 heavy (non-hydrogen) atoms. The highest BCUT2D eigenvalue weighted by Gasteiger charge is 2.14. The minimum Gasteiger partial charge on any atom is -0.465 e. The van der Waals surface area contributed by atoms with E-state index < -0.39 is 5.97 Å². The highest BCUT2D eigenvalue weighted by Crippen LogP contribution is 2.26. The van der Waals surface area contributed by atoms with Crippen LogP contribution in [0.1, 0.15) is 10.4 Å². The Labute approximate surface area is 132 Å². The minimum absolute atomic E-state index is 0.399. The maximum atomic E-state index is 12.1. The van der Waals surface area contributed by atoms with E-state index in [9.17, 15) is 9.59 Å². The fourth-order valence-electron chi connectivity index (χ4n) is 2.41. The number of rotatable bonds is 4. The van der Waals surface area contributed by atoms with E-state index in [2.05, 4.69) is 10.3 Å². The predicted octanol–water partition coefficient (Wildman–Crippen LogP) is 3.26. The Morgan fingerprint density at radius 3 is 2.57 bits per heavy atom. The van der Waals surface area contributed by atoms with Gasteiger partial charge in [0.1, 0.15) is 0 Å². The number of pyridine rings is 1. The van der Waals surface area contributed by atoms with Gasteiger partial charge in [0.05, 0.1) is 23.9 Å². The second kappa shape index (κ2) is 6.27. The molecule has 0 unspecified atom stereocenters. The Morgan fingerprint density at radius 1 is 1.13 bits per heavy atom.